The molecule has 2 heteroatoms. The van der Waals surface area contributed by atoms with Gasteiger partial charge in [-0.15, -0.1) is 0 Å². The van der Waals surface area contributed by atoms with E-state index in [2.05, 4.69) is 42.9 Å². The predicted molar refractivity (Wildman–Crippen MR) is 77.8 cm³/mol. The van der Waals surface area contributed by atoms with Gasteiger partial charge in [-0.3, -0.25) is 9.98 Å². The van der Waals surface area contributed by atoms with E-state index in [9.17, 15) is 0 Å². The van der Waals surface area contributed by atoms with Crippen molar-refractivity contribution in [2.75, 3.05) is 7.05 Å². The molecular formula is C15H20N2. The molecular weight excluding hydrogens is 208 g/mol. The van der Waals surface area contributed by atoms with E-state index >= 15 is 0 Å². The van der Waals surface area contributed by atoms with Crippen LogP contribution in [0.3, 0.4) is 0 Å². The van der Waals surface area contributed by atoms with Gasteiger partial charge in [0.05, 0.1) is 5.69 Å². The van der Waals surface area contributed by atoms with Crippen LogP contribution >= 0.6 is 0 Å². The molecule has 0 saturated heterocycles. The van der Waals surface area contributed by atoms with E-state index in [-0.39, 0.29) is 0 Å². The molecule has 0 aliphatic carbocycles. The first-order chi connectivity index (χ1) is 8.10. The molecule has 17 heavy (non-hydrogen) atoms. The molecule has 0 heterocycles. The van der Waals surface area contributed by atoms with Crippen LogP contribution in [-0.2, 0) is 0 Å². The van der Waals surface area contributed by atoms with Crippen molar-refractivity contribution in [1.82, 2.24) is 0 Å². The third-order valence-corrected chi connectivity index (χ3v) is 2.71. The molecule has 0 N–H and O–H groups in total. The molecule has 0 fully saturated rings. The highest BCUT2D eigenvalue weighted by Gasteiger charge is 2.04. The number of hydrogen-bond donors (Lipinski definition) is 0. The molecule has 0 amide bonds. The van der Waals surface area contributed by atoms with Crippen molar-refractivity contribution in [2.45, 2.75) is 27.7 Å². The molecule has 2 nitrogen and oxygen atoms in total. The Morgan fingerprint density at radius 2 is 1.88 bits per heavy atom. The quantitative estimate of drug-likeness (QED) is 0.695. The molecule has 90 valence electrons. The van der Waals surface area contributed by atoms with Crippen molar-refractivity contribution < 1.29 is 0 Å². The Morgan fingerprint density at radius 1 is 1.18 bits per heavy atom. The number of hydrogen-bond acceptors (Lipinski definition) is 2. The highest BCUT2D eigenvalue weighted by Crippen LogP contribution is 2.27. The van der Waals surface area contributed by atoms with Gasteiger partial charge in [0.15, 0.2) is 0 Å². The second-order valence-corrected chi connectivity index (χ2v) is 4.10. The van der Waals surface area contributed by atoms with E-state index in [1.165, 1.54) is 22.3 Å². The lowest BCUT2D eigenvalue weighted by Gasteiger charge is -2.09. The third kappa shape index (κ3) is 3.38. The molecule has 1 rings (SSSR count). The van der Waals surface area contributed by atoms with Crippen LogP contribution in [0.4, 0.5) is 5.69 Å². The molecule has 0 bridgehead atoms. The van der Waals surface area contributed by atoms with Gasteiger partial charge in [0.1, 0.15) is 0 Å². The first-order valence-corrected chi connectivity index (χ1v) is 5.79. The fourth-order valence-electron chi connectivity index (χ4n) is 1.78. The molecule has 0 aromatic heterocycles. The Balaban J connectivity index is 3.24. The maximum atomic E-state index is 4.36. The zero-order chi connectivity index (χ0) is 12.8. The Hall–Kier alpha value is -1.70. The van der Waals surface area contributed by atoms with Crippen molar-refractivity contribution in [1.29, 1.82) is 0 Å². The fraction of sp³-hybridized carbons (Fsp3) is 0.333. The Morgan fingerprint density at radius 3 is 2.47 bits per heavy atom. The summed E-state index contributed by atoms with van der Waals surface area (Å²) in [5, 5.41) is 0. The monoisotopic (exact) mass is 228 g/mol. The molecule has 0 unspecified atom stereocenters. The summed E-state index contributed by atoms with van der Waals surface area (Å²) >= 11 is 0. The van der Waals surface area contributed by atoms with Crippen LogP contribution in [0.5, 0.6) is 0 Å². The molecule has 0 radical (unpaired) electrons. The maximum Gasteiger partial charge on any atom is 0.0657 e. The van der Waals surface area contributed by atoms with Crippen LogP contribution in [0.2, 0.25) is 0 Å². The van der Waals surface area contributed by atoms with Gasteiger partial charge in [0.2, 0.25) is 0 Å². The minimum Gasteiger partial charge on any atom is -0.297 e. The van der Waals surface area contributed by atoms with Crippen molar-refractivity contribution in [3.05, 3.63) is 34.9 Å². The van der Waals surface area contributed by atoms with Gasteiger partial charge in [-0.25, -0.2) is 0 Å². The molecule has 0 aliphatic heterocycles. The minimum absolute atomic E-state index is 1.05. The van der Waals surface area contributed by atoms with Crippen molar-refractivity contribution in [3.8, 4) is 0 Å². The van der Waals surface area contributed by atoms with Gasteiger partial charge in [0, 0.05) is 19.5 Å². The second kappa shape index (κ2) is 6.14. The number of allylic oxidation sites excluding steroid dienone is 2. The lowest BCUT2D eigenvalue weighted by molar-refractivity contribution is 1.32. The number of aryl methyl sites for hydroxylation is 2. The van der Waals surface area contributed by atoms with E-state index in [0.717, 1.165) is 5.69 Å². The first kappa shape index (κ1) is 13.4. The van der Waals surface area contributed by atoms with Gasteiger partial charge in [-0.05, 0) is 68.2 Å². The summed E-state index contributed by atoms with van der Waals surface area (Å²) in [5.74, 6) is 0. The van der Waals surface area contributed by atoms with Crippen molar-refractivity contribution in [2.24, 2.45) is 9.98 Å². The summed E-state index contributed by atoms with van der Waals surface area (Å²) in [5.41, 5.74) is 5.98. The number of nitrogens with zero attached hydrogens (tertiary/aromatic N) is 2. The van der Waals surface area contributed by atoms with Crippen LogP contribution < -0.4 is 0 Å². The normalized spacial score (nSPS) is 12.9. The van der Waals surface area contributed by atoms with Gasteiger partial charge >= 0.3 is 0 Å². The molecule has 1 aromatic carbocycles. The molecule has 0 spiro atoms. The number of aliphatic imine (C=N–C) groups is 2. The summed E-state index contributed by atoms with van der Waals surface area (Å²) in [7, 11) is 1.78. The van der Waals surface area contributed by atoms with Crippen LogP contribution in [0.1, 0.15) is 30.5 Å². The minimum atomic E-state index is 1.05. The second-order valence-electron chi connectivity index (χ2n) is 4.10. The summed E-state index contributed by atoms with van der Waals surface area (Å²) in [4.78, 5) is 8.33. The van der Waals surface area contributed by atoms with Crippen molar-refractivity contribution in [3.63, 3.8) is 0 Å². The lowest BCUT2D eigenvalue weighted by Crippen LogP contribution is -1.89. The number of benzene rings is 1. The predicted octanol–water partition coefficient (Wildman–Crippen LogP) is 4.13. The summed E-state index contributed by atoms with van der Waals surface area (Å²) in [6.45, 7) is 8.24. The fourth-order valence-corrected chi connectivity index (χ4v) is 1.78. The highest BCUT2D eigenvalue weighted by molar-refractivity contribution is 5.85. The standard InChI is InChI=1S/C15H20N2/c1-6-17-15-10-12(3)14(9-13(15)4)11(2)7-8-16-5/h6-10H,1-5H3/b11-7+,16-8?,17-6?. The zero-order valence-electron chi connectivity index (χ0n) is 11.3. The summed E-state index contributed by atoms with van der Waals surface area (Å²) in [6, 6.07) is 4.32. The maximum absolute atomic E-state index is 4.36. The first-order valence-electron chi connectivity index (χ1n) is 5.79. The van der Waals surface area contributed by atoms with E-state index in [0.29, 0.717) is 0 Å². The Kier molecular flexibility index (Phi) is 4.83. The average Bonchev–Trinajstić information content (AvgIpc) is 2.30. The summed E-state index contributed by atoms with van der Waals surface area (Å²) in [6.07, 6.45) is 5.68. The third-order valence-electron chi connectivity index (χ3n) is 2.71. The lowest BCUT2D eigenvalue weighted by atomic mass is 9.98. The van der Waals surface area contributed by atoms with Crippen LogP contribution in [0.15, 0.2) is 28.2 Å². The smallest absolute Gasteiger partial charge is 0.0657 e. The van der Waals surface area contributed by atoms with Crippen LogP contribution in [0, 0.1) is 13.8 Å². The molecule has 0 saturated carbocycles. The van der Waals surface area contributed by atoms with Crippen molar-refractivity contribution >= 4 is 23.7 Å². The van der Waals surface area contributed by atoms with E-state index in [4.69, 9.17) is 0 Å². The molecule has 1 aromatic rings. The van der Waals surface area contributed by atoms with Gasteiger partial charge in [0.25, 0.3) is 0 Å². The SMILES string of the molecule is CC=Nc1cc(C)c(/C(C)=C/C=NC)cc1C. The van der Waals surface area contributed by atoms with Crippen LogP contribution in [0.25, 0.3) is 5.57 Å². The van der Waals surface area contributed by atoms with E-state index < -0.39 is 0 Å². The Labute approximate surface area is 104 Å². The highest BCUT2D eigenvalue weighted by atomic mass is 14.7. The van der Waals surface area contributed by atoms with E-state index in [1.807, 2.05) is 25.4 Å². The largest absolute Gasteiger partial charge is 0.297 e. The van der Waals surface area contributed by atoms with Gasteiger partial charge < -0.3 is 0 Å². The Bertz CT molecular complexity index is 480. The van der Waals surface area contributed by atoms with Gasteiger partial charge in [-0.2, -0.15) is 0 Å². The van der Waals surface area contributed by atoms with E-state index in [1.54, 1.807) is 7.05 Å². The zero-order valence-corrected chi connectivity index (χ0v) is 11.3. The van der Waals surface area contributed by atoms with Gasteiger partial charge in [-0.1, -0.05) is 0 Å². The van der Waals surface area contributed by atoms with Crippen LogP contribution in [-0.4, -0.2) is 19.5 Å². The molecule has 0 aliphatic rings. The topological polar surface area (TPSA) is 24.7 Å². The summed E-state index contributed by atoms with van der Waals surface area (Å²) < 4.78 is 0. The average molecular weight is 228 g/mol. The number of rotatable bonds is 3. The molecule has 0 atom stereocenters.